The van der Waals surface area contributed by atoms with E-state index in [0.717, 1.165) is 0 Å². The number of imidazole rings is 1. The van der Waals surface area contributed by atoms with E-state index in [-0.39, 0.29) is 18.1 Å². The highest BCUT2D eigenvalue weighted by atomic mass is 16.2. The summed E-state index contributed by atoms with van der Waals surface area (Å²) in [5.41, 5.74) is 0.243. The summed E-state index contributed by atoms with van der Waals surface area (Å²) in [4.78, 5) is 30.3. The van der Waals surface area contributed by atoms with Crippen molar-refractivity contribution in [1.82, 2.24) is 29.9 Å². The van der Waals surface area contributed by atoms with Crippen molar-refractivity contribution in [2.75, 3.05) is 0 Å². The van der Waals surface area contributed by atoms with Gasteiger partial charge >= 0.3 is 5.69 Å². The molecule has 0 unspecified atom stereocenters. The summed E-state index contributed by atoms with van der Waals surface area (Å²) in [6.45, 7) is 0.279. The normalized spacial score (nSPS) is 10.7. The Hall–Kier alpha value is -2.90. The van der Waals surface area contributed by atoms with Gasteiger partial charge in [-0.1, -0.05) is 0 Å². The molecular weight excluding hydrogens is 248 g/mol. The first-order valence-electron chi connectivity index (χ1n) is 5.58. The lowest BCUT2D eigenvalue weighted by Gasteiger charge is -2.03. The molecule has 0 aromatic carbocycles. The van der Waals surface area contributed by atoms with Crippen molar-refractivity contribution in [2.45, 2.75) is 6.54 Å². The van der Waals surface area contributed by atoms with Crippen LogP contribution in [0.4, 0.5) is 0 Å². The number of amides is 1. The number of aromatic amines is 2. The lowest BCUT2D eigenvalue weighted by atomic mass is 10.2. The third-order valence-electron chi connectivity index (χ3n) is 2.66. The van der Waals surface area contributed by atoms with Gasteiger partial charge in [0.1, 0.15) is 5.82 Å². The molecule has 0 radical (unpaired) electrons. The first-order valence-corrected chi connectivity index (χ1v) is 5.58. The van der Waals surface area contributed by atoms with Gasteiger partial charge in [-0.2, -0.15) is 5.10 Å². The Labute approximate surface area is 106 Å². The SMILES string of the molecule is O=C(NCc1ncc[nH]1)c1cccn2c(=O)[nH]nc12. The molecule has 0 spiro atoms. The number of rotatable bonds is 3. The van der Waals surface area contributed by atoms with E-state index >= 15 is 0 Å². The quantitative estimate of drug-likeness (QED) is 0.598. The first-order chi connectivity index (χ1) is 9.25. The van der Waals surface area contributed by atoms with Crippen LogP contribution >= 0.6 is 0 Å². The van der Waals surface area contributed by atoms with Gasteiger partial charge in [-0.3, -0.25) is 4.79 Å². The molecule has 0 aliphatic rings. The highest BCUT2D eigenvalue weighted by Crippen LogP contribution is 2.05. The minimum atomic E-state index is -0.379. The first kappa shape index (κ1) is 11.2. The molecule has 0 aliphatic heterocycles. The van der Waals surface area contributed by atoms with E-state index in [1.807, 2.05) is 0 Å². The van der Waals surface area contributed by atoms with Crippen LogP contribution in [0.25, 0.3) is 5.65 Å². The summed E-state index contributed by atoms with van der Waals surface area (Å²) >= 11 is 0. The van der Waals surface area contributed by atoms with Crippen molar-refractivity contribution in [1.29, 1.82) is 0 Å². The fourth-order valence-corrected chi connectivity index (χ4v) is 1.76. The van der Waals surface area contributed by atoms with Gasteiger partial charge in [-0.05, 0) is 12.1 Å². The Bertz CT molecular complexity index is 770. The minimum absolute atomic E-state index is 0.279. The van der Waals surface area contributed by atoms with Crippen molar-refractivity contribution in [3.63, 3.8) is 0 Å². The summed E-state index contributed by atoms with van der Waals surface area (Å²) < 4.78 is 1.28. The molecular formula is C11H10N6O2. The number of fused-ring (bicyclic) bond motifs is 1. The van der Waals surface area contributed by atoms with Crippen molar-refractivity contribution in [3.8, 4) is 0 Å². The van der Waals surface area contributed by atoms with Gasteiger partial charge in [0, 0.05) is 18.6 Å². The molecule has 0 fully saturated rings. The number of nitrogens with one attached hydrogen (secondary N) is 3. The maximum Gasteiger partial charge on any atom is 0.347 e. The van der Waals surface area contributed by atoms with Crippen LogP contribution in [-0.4, -0.2) is 30.5 Å². The van der Waals surface area contributed by atoms with Gasteiger partial charge < -0.3 is 10.3 Å². The molecule has 0 aliphatic carbocycles. The van der Waals surface area contributed by atoms with Crippen LogP contribution in [-0.2, 0) is 6.54 Å². The van der Waals surface area contributed by atoms with E-state index in [1.54, 1.807) is 30.7 Å². The van der Waals surface area contributed by atoms with Crippen molar-refractivity contribution in [2.24, 2.45) is 0 Å². The number of H-pyrrole nitrogens is 2. The van der Waals surface area contributed by atoms with Gasteiger partial charge in [-0.15, -0.1) is 0 Å². The lowest BCUT2D eigenvalue weighted by molar-refractivity contribution is 0.0951. The van der Waals surface area contributed by atoms with Crippen LogP contribution in [0.5, 0.6) is 0 Å². The Morgan fingerprint density at radius 3 is 3.16 bits per heavy atom. The molecule has 19 heavy (non-hydrogen) atoms. The molecule has 0 atom stereocenters. The van der Waals surface area contributed by atoms with Crippen LogP contribution in [0.2, 0.25) is 0 Å². The lowest BCUT2D eigenvalue weighted by Crippen LogP contribution is -2.24. The summed E-state index contributed by atoms with van der Waals surface area (Å²) in [5, 5.41) is 8.83. The molecule has 8 heteroatoms. The van der Waals surface area contributed by atoms with E-state index in [9.17, 15) is 9.59 Å². The topological polar surface area (TPSA) is 108 Å². The highest BCUT2D eigenvalue weighted by Gasteiger charge is 2.13. The van der Waals surface area contributed by atoms with E-state index in [4.69, 9.17) is 0 Å². The maximum atomic E-state index is 12.0. The smallest absolute Gasteiger partial charge is 0.347 e. The van der Waals surface area contributed by atoms with Crippen molar-refractivity contribution < 1.29 is 4.79 Å². The molecule has 0 saturated carbocycles. The molecule has 1 amide bonds. The number of pyridine rings is 1. The summed E-state index contributed by atoms with van der Waals surface area (Å²) in [6.07, 6.45) is 4.83. The standard InChI is InChI=1S/C11H10N6O2/c18-10(14-6-8-12-3-4-13-8)7-2-1-5-17-9(7)15-16-11(17)19/h1-5H,6H2,(H,12,13)(H,14,18)(H,16,19). The monoisotopic (exact) mass is 258 g/mol. The predicted octanol–water partition coefficient (Wildman–Crippen LogP) is -0.324. The van der Waals surface area contributed by atoms with Gasteiger partial charge in [0.15, 0.2) is 5.65 Å². The summed E-state index contributed by atoms with van der Waals surface area (Å²) in [6, 6.07) is 3.22. The molecule has 8 nitrogen and oxygen atoms in total. The van der Waals surface area contributed by atoms with Crippen LogP contribution < -0.4 is 11.0 Å². The van der Waals surface area contributed by atoms with E-state index in [0.29, 0.717) is 17.0 Å². The number of nitrogens with zero attached hydrogens (tertiary/aromatic N) is 3. The second kappa shape index (κ2) is 4.41. The number of hydrogen-bond donors (Lipinski definition) is 3. The Morgan fingerprint density at radius 1 is 1.47 bits per heavy atom. The predicted molar refractivity (Wildman–Crippen MR) is 65.6 cm³/mol. The number of aromatic nitrogens is 5. The third kappa shape index (κ3) is 1.99. The number of hydrogen-bond acceptors (Lipinski definition) is 4. The second-order valence-corrected chi connectivity index (χ2v) is 3.86. The minimum Gasteiger partial charge on any atom is -0.347 e. The third-order valence-corrected chi connectivity index (χ3v) is 2.66. The van der Waals surface area contributed by atoms with Crippen LogP contribution in [0.1, 0.15) is 16.2 Å². The molecule has 3 aromatic rings. The molecule has 3 aromatic heterocycles. The fraction of sp³-hybridized carbons (Fsp3) is 0.0909. The van der Waals surface area contributed by atoms with Crippen molar-refractivity contribution >= 4 is 11.6 Å². The summed E-state index contributed by atoms with van der Waals surface area (Å²) in [5.74, 6) is 0.334. The molecule has 0 bridgehead atoms. The van der Waals surface area contributed by atoms with Crippen LogP contribution in [0.3, 0.4) is 0 Å². The van der Waals surface area contributed by atoms with Gasteiger partial charge in [0.05, 0.1) is 12.1 Å². The van der Waals surface area contributed by atoms with E-state index in [1.165, 1.54) is 4.40 Å². The van der Waals surface area contributed by atoms with Crippen molar-refractivity contribution in [3.05, 3.63) is 52.6 Å². The van der Waals surface area contributed by atoms with E-state index < -0.39 is 0 Å². The second-order valence-electron chi connectivity index (χ2n) is 3.86. The van der Waals surface area contributed by atoms with Gasteiger partial charge in [0.25, 0.3) is 5.91 Å². The average molecular weight is 258 g/mol. The Kier molecular flexibility index (Phi) is 2.60. The van der Waals surface area contributed by atoms with Crippen LogP contribution in [0.15, 0.2) is 35.5 Å². The molecule has 3 N–H and O–H groups in total. The highest BCUT2D eigenvalue weighted by molar-refractivity contribution is 5.99. The Balaban J connectivity index is 1.87. The number of carbonyl (C=O) groups is 1. The maximum absolute atomic E-state index is 12.0. The molecule has 3 rings (SSSR count). The zero-order chi connectivity index (χ0) is 13.2. The Morgan fingerprint density at radius 2 is 2.37 bits per heavy atom. The summed E-state index contributed by atoms with van der Waals surface area (Å²) in [7, 11) is 0. The van der Waals surface area contributed by atoms with Crippen LogP contribution in [0, 0.1) is 0 Å². The average Bonchev–Trinajstić information content (AvgIpc) is 3.06. The zero-order valence-corrected chi connectivity index (χ0v) is 9.75. The largest absolute Gasteiger partial charge is 0.347 e. The molecule has 0 saturated heterocycles. The van der Waals surface area contributed by atoms with Gasteiger partial charge in [0.2, 0.25) is 0 Å². The molecule has 96 valence electrons. The van der Waals surface area contributed by atoms with Gasteiger partial charge in [-0.25, -0.2) is 19.3 Å². The fourth-order valence-electron chi connectivity index (χ4n) is 1.76. The van der Waals surface area contributed by atoms with E-state index in [2.05, 4.69) is 25.5 Å². The zero-order valence-electron chi connectivity index (χ0n) is 9.75. The molecule has 3 heterocycles. The number of carbonyl (C=O) groups excluding carboxylic acids is 1.